The van der Waals surface area contributed by atoms with E-state index in [1.54, 1.807) is 11.3 Å². The predicted molar refractivity (Wildman–Crippen MR) is 86.6 cm³/mol. The van der Waals surface area contributed by atoms with Crippen molar-refractivity contribution in [1.82, 2.24) is 19.9 Å². The third-order valence-corrected chi connectivity index (χ3v) is 4.38. The van der Waals surface area contributed by atoms with Gasteiger partial charge in [0.2, 0.25) is 5.95 Å². The lowest BCUT2D eigenvalue weighted by Gasteiger charge is -2.36. The van der Waals surface area contributed by atoms with E-state index in [1.165, 1.54) is 0 Å². The zero-order valence-corrected chi connectivity index (χ0v) is 13.3. The summed E-state index contributed by atoms with van der Waals surface area (Å²) >= 11 is 1.60. The number of rotatable bonds is 4. The Kier molecular flexibility index (Phi) is 4.51. The third kappa shape index (κ3) is 3.70. The fourth-order valence-corrected chi connectivity index (χ4v) is 3.26. The van der Waals surface area contributed by atoms with Crippen LogP contribution in [0.25, 0.3) is 0 Å². The number of hydrogen-bond acceptors (Lipinski definition) is 8. The highest BCUT2D eigenvalue weighted by Crippen LogP contribution is 2.18. The average Bonchev–Trinajstić information content (AvgIpc) is 2.94. The molecule has 0 saturated carbocycles. The Morgan fingerprint density at radius 3 is 3.05 bits per heavy atom. The van der Waals surface area contributed by atoms with Gasteiger partial charge >= 0.3 is 0 Å². The van der Waals surface area contributed by atoms with Gasteiger partial charge in [-0.25, -0.2) is 9.97 Å². The van der Waals surface area contributed by atoms with Crippen molar-refractivity contribution in [1.29, 1.82) is 0 Å². The molecule has 0 bridgehead atoms. The summed E-state index contributed by atoms with van der Waals surface area (Å²) in [5, 5.41) is 15.7. The van der Waals surface area contributed by atoms with E-state index in [4.69, 9.17) is 5.73 Å². The molecule has 0 spiro atoms. The smallest absolute Gasteiger partial charge is 0.222 e. The van der Waals surface area contributed by atoms with E-state index < -0.39 is 6.10 Å². The molecule has 3 heterocycles. The van der Waals surface area contributed by atoms with Gasteiger partial charge in [0.25, 0.3) is 0 Å². The summed E-state index contributed by atoms with van der Waals surface area (Å²) in [7, 11) is 0. The lowest BCUT2D eigenvalue weighted by atomic mass is 10.0. The fraction of sp³-hybridized carbons (Fsp3) is 0.500. The summed E-state index contributed by atoms with van der Waals surface area (Å²) in [4.78, 5) is 14.7. The number of nitrogens with one attached hydrogen (secondary N) is 1. The van der Waals surface area contributed by atoms with Gasteiger partial charge in [-0.05, 0) is 13.3 Å². The van der Waals surface area contributed by atoms with Gasteiger partial charge in [-0.2, -0.15) is 4.98 Å². The highest BCUT2D eigenvalue weighted by atomic mass is 32.1. The van der Waals surface area contributed by atoms with Gasteiger partial charge in [0, 0.05) is 36.8 Å². The Hall–Kier alpha value is -1.77. The van der Waals surface area contributed by atoms with E-state index in [-0.39, 0.29) is 12.0 Å². The van der Waals surface area contributed by atoms with Crippen LogP contribution in [-0.4, -0.2) is 50.2 Å². The second-order valence-electron chi connectivity index (χ2n) is 5.57. The monoisotopic (exact) mass is 320 g/mol. The minimum Gasteiger partial charge on any atom is -0.390 e. The highest BCUT2D eigenvalue weighted by molar-refractivity contribution is 7.07. The van der Waals surface area contributed by atoms with Crippen LogP contribution in [0.1, 0.15) is 17.8 Å². The lowest BCUT2D eigenvalue weighted by Crippen LogP contribution is -2.49. The van der Waals surface area contributed by atoms with Crippen molar-refractivity contribution >= 4 is 23.1 Å². The second kappa shape index (κ2) is 6.55. The molecule has 1 aliphatic heterocycles. The van der Waals surface area contributed by atoms with Crippen molar-refractivity contribution in [2.45, 2.75) is 32.0 Å². The molecule has 0 aromatic carbocycles. The number of β-amino-alcohol motifs (C(OH)–C–C–N with tert-alkyl or cyclic N) is 1. The van der Waals surface area contributed by atoms with Gasteiger partial charge < -0.3 is 16.2 Å². The number of thiazole rings is 1. The molecule has 7 nitrogen and oxygen atoms in total. The molecule has 1 fully saturated rings. The van der Waals surface area contributed by atoms with E-state index in [0.717, 1.165) is 30.9 Å². The van der Waals surface area contributed by atoms with Crippen molar-refractivity contribution < 1.29 is 5.11 Å². The molecule has 2 atom stereocenters. The molecule has 1 aliphatic rings. The number of nitrogens with zero attached hydrogens (tertiary/aromatic N) is 4. The Morgan fingerprint density at radius 2 is 2.36 bits per heavy atom. The van der Waals surface area contributed by atoms with Crippen LogP contribution in [0.3, 0.4) is 0 Å². The van der Waals surface area contributed by atoms with Crippen molar-refractivity contribution in [2.24, 2.45) is 0 Å². The van der Waals surface area contributed by atoms with E-state index >= 15 is 0 Å². The van der Waals surface area contributed by atoms with Crippen LogP contribution in [0, 0.1) is 6.92 Å². The molecule has 8 heteroatoms. The number of hydrogen-bond donors (Lipinski definition) is 3. The maximum absolute atomic E-state index is 10.4. The van der Waals surface area contributed by atoms with Crippen molar-refractivity contribution in [3.8, 4) is 0 Å². The average molecular weight is 320 g/mol. The Morgan fingerprint density at radius 1 is 1.50 bits per heavy atom. The molecule has 0 radical (unpaired) electrons. The summed E-state index contributed by atoms with van der Waals surface area (Å²) < 4.78 is 0. The molecule has 118 valence electrons. The first-order valence-corrected chi connectivity index (χ1v) is 8.19. The van der Waals surface area contributed by atoms with Crippen LogP contribution in [0.4, 0.5) is 11.8 Å². The highest BCUT2D eigenvalue weighted by Gasteiger charge is 2.28. The Labute approximate surface area is 133 Å². The zero-order chi connectivity index (χ0) is 15.5. The first-order valence-electron chi connectivity index (χ1n) is 7.25. The minimum atomic E-state index is -0.455. The molecular weight excluding hydrogens is 300 g/mol. The normalized spacial score (nSPS) is 22.6. The number of likely N-dealkylation sites (tertiary alicyclic amines) is 1. The lowest BCUT2D eigenvalue weighted by molar-refractivity contribution is 0.0555. The van der Waals surface area contributed by atoms with Crippen LogP contribution in [0.15, 0.2) is 17.0 Å². The van der Waals surface area contributed by atoms with Crippen LogP contribution < -0.4 is 11.1 Å². The second-order valence-corrected chi connectivity index (χ2v) is 6.29. The summed E-state index contributed by atoms with van der Waals surface area (Å²) in [5.74, 6) is 0.917. The molecule has 1 saturated heterocycles. The number of aryl methyl sites for hydroxylation is 1. The van der Waals surface area contributed by atoms with E-state index in [0.29, 0.717) is 12.4 Å². The summed E-state index contributed by atoms with van der Waals surface area (Å²) in [6.07, 6.45) is 0.387. The van der Waals surface area contributed by atoms with Gasteiger partial charge in [0.05, 0.1) is 23.4 Å². The molecule has 0 amide bonds. The molecule has 0 unspecified atom stereocenters. The van der Waals surface area contributed by atoms with Gasteiger partial charge in [0.1, 0.15) is 5.82 Å². The SMILES string of the molecule is Cc1cc(N[C@@H]2CCN(Cc3cscn3)C[C@H]2O)nc(N)n1. The molecule has 4 N–H and O–H groups in total. The van der Waals surface area contributed by atoms with E-state index in [9.17, 15) is 5.11 Å². The Balaban J connectivity index is 1.58. The van der Waals surface area contributed by atoms with Crippen molar-refractivity contribution in [3.63, 3.8) is 0 Å². The largest absolute Gasteiger partial charge is 0.390 e. The Bertz CT molecular complexity index is 600. The molecular formula is C14H20N6OS. The minimum absolute atomic E-state index is 0.0274. The summed E-state index contributed by atoms with van der Waals surface area (Å²) in [5.41, 5.74) is 9.36. The number of piperidine rings is 1. The van der Waals surface area contributed by atoms with E-state index in [1.807, 2.05) is 23.9 Å². The van der Waals surface area contributed by atoms with Gasteiger partial charge in [-0.1, -0.05) is 0 Å². The standard InChI is InChI=1S/C14H20N6OS/c1-9-4-13(19-14(15)17-9)18-11-2-3-20(6-12(11)21)5-10-7-22-8-16-10/h4,7-8,11-12,21H,2-3,5-6H2,1H3,(H3,15,17,18,19)/t11-,12-/m1/s1. The van der Waals surface area contributed by atoms with Crippen LogP contribution in [0.2, 0.25) is 0 Å². The number of aromatic nitrogens is 3. The molecule has 0 aliphatic carbocycles. The van der Waals surface area contributed by atoms with Crippen LogP contribution in [0.5, 0.6) is 0 Å². The van der Waals surface area contributed by atoms with Gasteiger partial charge in [-0.3, -0.25) is 4.90 Å². The van der Waals surface area contributed by atoms with Crippen molar-refractivity contribution in [3.05, 3.63) is 28.3 Å². The maximum Gasteiger partial charge on any atom is 0.222 e. The quantitative estimate of drug-likeness (QED) is 0.768. The third-order valence-electron chi connectivity index (χ3n) is 3.74. The maximum atomic E-state index is 10.4. The molecule has 3 rings (SSSR count). The number of anilines is 2. The molecule has 2 aromatic heterocycles. The van der Waals surface area contributed by atoms with Crippen LogP contribution in [-0.2, 0) is 6.54 Å². The zero-order valence-electron chi connectivity index (χ0n) is 12.4. The molecule has 22 heavy (non-hydrogen) atoms. The number of aliphatic hydroxyl groups excluding tert-OH is 1. The van der Waals surface area contributed by atoms with Crippen LogP contribution >= 0.6 is 11.3 Å². The molecule has 2 aromatic rings. The number of nitrogen functional groups attached to an aromatic ring is 1. The number of aliphatic hydroxyl groups is 1. The summed E-state index contributed by atoms with van der Waals surface area (Å²) in [6.45, 7) is 4.18. The fourth-order valence-electron chi connectivity index (χ4n) is 2.71. The van der Waals surface area contributed by atoms with Gasteiger partial charge in [0.15, 0.2) is 0 Å². The van der Waals surface area contributed by atoms with Crippen molar-refractivity contribution in [2.75, 3.05) is 24.1 Å². The first kappa shape index (κ1) is 15.1. The van der Waals surface area contributed by atoms with Gasteiger partial charge in [-0.15, -0.1) is 11.3 Å². The summed E-state index contributed by atoms with van der Waals surface area (Å²) in [6, 6.07) is 1.81. The first-order chi connectivity index (χ1) is 10.6. The predicted octanol–water partition coefficient (Wildman–Crippen LogP) is 0.871. The number of nitrogens with two attached hydrogens (primary N) is 1. The van der Waals surface area contributed by atoms with E-state index in [2.05, 4.69) is 25.2 Å². The topological polar surface area (TPSA) is 100 Å².